The first kappa shape index (κ1) is 21.8. The molecule has 4 nitrogen and oxygen atoms in total. The second-order valence-corrected chi connectivity index (χ2v) is 9.07. The van der Waals surface area contributed by atoms with Crippen LogP contribution in [-0.2, 0) is 22.1 Å². The summed E-state index contributed by atoms with van der Waals surface area (Å²) in [5.74, 6) is -0.463. The molecule has 0 saturated carbocycles. The Hall–Kier alpha value is -3.38. The molecule has 1 amide bonds. The van der Waals surface area contributed by atoms with E-state index in [0.29, 0.717) is 6.54 Å². The van der Waals surface area contributed by atoms with E-state index in [1.54, 1.807) is 24.7 Å². The monoisotopic (exact) mass is 446 g/mol. The second kappa shape index (κ2) is 9.40. The van der Waals surface area contributed by atoms with Crippen LogP contribution in [0.25, 0.3) is 17.2 Å². The molecule has 1 aliphatic rings. The molecule has 32 heavy (non-hydrogen) atoms. The van der Waals surface area contributed by atoms with Crippen LogP contribution in [0.5, 0.6) is 0 Å². The van der Waals surface area contributed by atoms with Gasteiger partial charge in [0, 0.05) is 40.9 Å². The number of nitrogens with one attached hydrogen (secondary N) is 1. The standard InChI is InChI=1S/C26H23FN2O2S/c1-17-23(12-18-5-8-21(9-6-18)32(2)31)22-10-7-20(27)13-25(22)24(17)14-26(30)29-16-19-4-3-11-28-15-19/h3-13,15H,14,16H2,1-2H3,(H,29,30)/b23-12+. The van der Waals surface area contributed by atoms with E-state index in [-0.39, 0.29) is 18.1 Å². The van der Waals surface area contributed by atoms with Gasteiger partial charge in [0.25, 0.3) is 0 Å². The number of nitrogens with zero attached hydrogens (tertiary/aromatic N) is 1. The third-order valence-electron chi connectivity index (χ3n) is 5.53. The zero-order valence-electron chi connectivity index (χ0n) is 17.9. The molecule has 0 radical (unpaired) electrons. The highest BCUT2D eigenvalue weighted by atomic mass is 32.2. The minimum absolute atomic E-state index is 0.130. The lowest BCUT2D eigenvalue weighted by atomic mass is 10.0. The van der Waals surface area contributed by atoms with Crippen molar-refractivity contribution in [3.63, 3.8) is 0 Å². The van der Waals surface area contributed by atoms with Crippen molar-refractivity contribution >= 4 is 33.9 Å². The maximum Gasteiger partial charge on any atom is 0.224 e. The summed E-state index contributed by atoms with van der Waals surface area (Å²) in [4.78, 5) is 17.5. The zero-order valence-corrected chi connectivity index (χ0v) is 18.7. The van der Waals surface area contributed by atoms with Gasteiger partial charge in [0.2, 0.25) is 5.91 Å². The van der Waals surface area contributed by atoms with Crippen molar-refractivity contribution in [2.75, 3.05) is 6.26 Å². The summed E-state index contributed by atoms with van der Waals surface area (Å²) in [6.07, 6.45) is 7.23. The van der Waals surface area contributed by atoms with Crippen molar-refractivity contribution in [2.45, 2.75) is 24.8 Å². The quantitative estimate of drug-likeness (QED) is 0.580. The number of carbonyl (C=O) groups excluding carboxylic acids is 1. The lowest BCUT2D eigenvalue weighted by Crippen LogP contribution is -2.22. The minimum Gasteiger partial charge on any atom is -0.352 e. The smallest absolute Gasteiger partial charge is 0.224 e. The Morgan fingerprint density at radius 2 is 1.91 bits per heavy atom. The molecule has 1 unspecified atom stereocenters. The number of halogens is 1. The number of pyridine rings is 1. The fraction of sp³-hybridized carbons (Fsp3) is 0.154. The Bertz CT molecular complexity index is 1250. The van der Waals surface area contributed by atoms with E-state index in [4.69, 9.17) is 0 Å². The van der Waals surface area contributed by atoms with Crippen LogP contribution in [0, 0.1) is 5.82 Å². The maximum absolute atomic E-state index is 14.1. The summed E-state index contributed by atoms with van der Waals surface area (Å²) in [6.45, 7) is 2.35. The highest BCUT2D eigenvalue weighted by Crippen LogP contribution is 2.43. The Morgan fingerprint density at radius 1 is 1.12 bits per heavy atom. The van der Waals surface area contributed by atoms with Gasteiger partial charge in [0.15, 0.2) is 0 Å². The average molecular weight is 447 g/mol. The van der Waals surface area contributed by atoms with Crippen LogP contribution >= 0.6 is 0 Å². The van der Waals surface area contributed by atoms with Crippen LogP contribution < -0.4 is 5.32 Å². The molecule has 162 valence electrons. The van der Waals surface area contributed by atoms with E-state index in [1.165, 1.54) is 12.1 Å². The first-order chi connectivity index (χ1) is 15.4. The fourth-order valence-corrected chi connectivity index (χ4v) is 4.35. The highest BCUT2D eigenvalue weighted by Gasteiger charge is 2.25. The third kappa shape index (κ3) is 4.75. The fourth-order valence-electron chi connectivity index (χ4n) is 3.83. The lowest BCUT2D eigenvalue weighted by molar-refractivity contribution is -0.120. The van der Waals surface area contributed by atoms with Crippen LogP contribution in [0.3, 0.4) is 0 Å². The van der Waals surface area contributed by atoms with Crippen LogP contribution in [-0.4, -0.2) is 21.4 Å². The molecule has 1 N–H and O–H groups in total. The van der Waals surface area contributed by atoms with E-state index >= 15 is 0 Å². The van der Waals surface area contributed by atoms with Gasteiger partial charge in [-0.15, -0.1) is 0 Å². The Kier molecular flexibility index (Phi) is 6.42. The molecule has 1 aliphatic carbocycles. The zero-order chi connectivity index (χ0) is 22.7. The van der Waals surface area contributed by atoms with Crippen LogP contribution in [0.2, 0.25) is 0 Å². The average Bonchev–Trinajstić information content (AvgIpc) is 3.04. The summed E-state index contributed by atoms with van der Waals surface area (Å²) in [5, 5.41) is 2.92. The van der Waals surface area contributed by atoms with E-state index in [9.17, 15) is 13.4 Å². The number of amides is 1. The van der Waals surface area contributed by atoms with Crippen molar-refractivity contribution < 1.29 is 13.4 Å². The molecular weight excluding hydrogens is 423 g/mol. The molecule has 1 aromatic heterocycles. The van der Waals surface area contributed by atoms with Crippen molar-refractivity contribution in [2.24, 2.45) is 0 Å². The Balaban J connectivity index is 1.62. The van der Waals surface area contributed by atoms with Gasteiger partial charge < -0.3 is 5.32 Å². The summed E-state index contributed by atoms with van der Waals surface area (Å²) < 4.78 is 25.7. The lowest BCUT2D eigenvalue weighted by Gasteiger charge is -2.08. The van der Waals surface area contributed by atoms with Crippen LogP contribution in [0.15, 0.2) is 77.5 Å². The number of hydrogen-bond donors (Lipinski definition) is 1. The van der Waals surface area contributed by atoms with E-state index in [0.717, 1.165) is 43.9 Å². The summed E-state index contributed by atoms with van der Waals surface area (Å²) in [5.41, 5.74) is 6.25. The van der Waals surface area contributed by atoms with Gasteiger partial charge in [0.05, 0.1) is 6.42 Å². The molecule has 2 aromatic carbocycles. The number of allylic oxidation sites excluding steroid dienone is 2. The van der Waals surface area contributed by atoms with Gasteiger partial charge in [-0.3, -0.25) is 14.0 Å². The molecule has 1 heterocycles. The SMILES string of the molecule is CC1=C(CC(=O)NCc2cccnc2)c2cc(F)ccc2/C1=C/c1ccc(S(C)=O)cc1. The van der Waals surface area contributed by atoms with Gasteiger partial charge >= 0.3 is 0 Å². The van der Waals surface area contributed by atoms with Gasteiger partial charge in [-0.2, -0.15) is 0 Å². The Labute approximate surface area is 189 Å². The van der Waals surface area contributed by atoms with Crippen molar-refractivity contribution in [1.29, 1.82) is 0 Å². The van der Waals surface area contributed by atoms with Crippen LogP contribution in [0.4, 0.5) is 4.39 Å². The van der Waals surface area contributed by atoms with Crippen molar-refractivity contribution in [3.8, 4) is 0 Å². The predicted molar refractivity (Wildman–Crippen MR) is 126 cm³/mol. The largest absolute Gasteiger partial charge is 0.352 e. The topological polar surface area (TPSA) is 59.1 Å². The molecule has 4 rings (SSSR count). The number of carbonyl (C=O) groups is 1. The summed E-state index contributed by atoms with van der Waals surface area (Å²) >= 11 is 0. The molecular formula is C26H23FN2O2S. The molecule has 3 aromatic rings. The molecule has 0 saturated heterocycles. The van der Waals surface area contributed by atoms with Crippen LogP contribution in [0.1, 0.15) is 35.6 Å². The van der Waals surface area contributed by atoms with E-state index in [1.807, 2.05) is 49.4 Å². The summed E-state index contributed by atoms with van der Waals surface area (Å²) in [7, 11) is -1.04. The number of fused-ring (bicyclic) bond motifs is 1. The maximum atomic E-state index is 14.1. The molecule has 6 heteroatoms. The number of benzene rings is 2. The third-order valence-corrected chi connectivity index (χ3v) is 6.46. The first-order valence-electron chi connectivity index (χ1n) is 10.2. The molecule has 0 fully saturated rings. The molecule has 1 atom stereocenters. The van der Waals surface area contributed by atoms with Crippen molar-refractivity contribution in [3.05, 3.63) is 101 Å². The molecule has 0 aliphatic heterocycles. The van der Waals surface area contributed by atoms with Gasteiger partial charge in [-0.25, -0.2) is 4.39 Å². The van der Waals surface area contributed by atoms with E-state index < -0.39 is 10.8 Å². The number of aromatic nitrogens is 1. The first-order valence-corrected chi connectivity index (χ1v) is 11.8. The summed E-state index contributed by atoms with van der Waals surface area (Å²) in [6, 6.07) is 15.9. The number of rotatable bonds is 6. The molecule has 0 spiro atoms. The van der Waals surface area contributed by atoms with Crippen molar-refractivity contribution in [1.82, 2.24) is 10.3 Å². The highest BCUT2D eigenvalue weighted by molar-refractivity contribution is 7.84. The Morgan fingerprint density at radius 3 is 2.59 bits per heavy atom. The number of hydrogen-bond acceptors (Lipinski definition) is 3. The van der Waals surface area contributed by atoms with E-state index in [2.05, 4.69) is 10.3 Å². The van der Waals surface area contributed by atoms with Gasteiger partial charge in [0.1, 0.15) is 5.82 Å². The second-order valence-electron chi connectivity index (χ2n) is 7.69. The minimum atomic E-state index is -1.04. The predicted octanol–water partition coefficient (Wildman–Crippen LogP) is 4.99. The van der Waals surface area contributed by atoms with Gasteiger partial charge in [-0.1, -0.05) is 24.3 Å². The molecule has 0 bridgehead atoms. The normalized spacial score (nSPS) is 15.0. The van der Waals surface area contributed by atoms with Gasteiger partial charge in [-0.05, 0) is 82.3 Å².